The smallest absolute Gasteiger partial charge is 0.225 e. The highest BCUT2D eigenvalue weighted by Crippen LogP contribution is 2.23. The van der Waals surface area contributed by atoms with Crippen molar-refractivity contribution < 1.29 is 9.13 Å². The largest absolute Gasteiger partial charge is 0.439 e. The molecule has 2 aromatic rings. The van der Waals surface area contributed by atoms with Gasteiger partial charge in [0.1, 0.15) is 12.1 Å². The Morgan fingerprint density at radius 2 is 2.06 bits per heavy atom. The van der Waals surface area contributed by atoms with E-state index in [9.17, 15) is 4.39 Å². The molecule has 0 aliphatic rings. The minimum absolute atomic E-state index is 0.216. The van der Waals surface area contributed by atoms with Crippen LogP contribution in [0.1, 0.15) is 12.5 Å². The Labute approximate surface area is 92.9 Å². The van der Waals surface area contributed by atoms with E-state index in [2.05, 4.69) is 9.97 Å². The first-order chi connectivity index (χ1) is 7.79. The number of benzene rings is 1. The van der Waals surface area contributed by atoms with Gasteiger partial charge in [0.25, 0.3) is 0 Å². The standard InChI is InChI=1S/C12H11FN2O/c1-2-9-5-3-4-6-10(9)16-12-7-11(13)14-8-15-12/h3-8H,2H2,1H3. The van der Waals surface area contributed by atoms with Crippen LogP contribution < -0.4 is 4.74 Å². The topological polar surface area (TPSA) is 35.0 Å². The summed E-state index contributed by atoms with van der Waals surface area (Å²) in [6.07, 6.45) is 1.99. The lowest BCUT2D eigenvalue weighted by molar-refractivity contribution is 0.446. The first-order valence-electron chi connectivity index (χ1n) is 5.03. The number of para-hydroxylation sites is 1. The predicted octanol–water partition coefficient (Wildman–Crippen LogP) is 2.97. The molecular weight excluding hydrogens is 207 g/mol. The molecule has 82 valence electrons. The zero-order chi connectivity index (χ0) is 11.4. The summed E-state index contributed by atoms with van der Waals surface area (Å²) in [6.45, 7) is 2.03. The minimum Gasteiger partial charge on any atom is -0.439 e. The third-order valence-corrected chi connectivity index (χ3v) is 2.18. The molecule has 0 aliphatic carbocycles. The van der Waals surface area contributed by atoms with Crippen molar-refractivity contribution in [3.63, 3.8) is 0 Å². The molecule has 0 saturated heterocycles. The van der Waals surface area contributed by atoms with Gasteiger partial charge in [-0.15, -0.1) is 0 Å². The van der Waals surface area contributed by atoms with E-state index in [1.54, 1.807) is 0 Å². The summed E-state index contributed by atoms with van der Waals surface area (Å²) in [6, 6.07) is 8.76. The summed E-state index contributed by atoms with van der Waals surface area (Å²) in [5.41, 5.74) is 1.06. The van der Waals surface area contributed by atoms with Crippen LogP contribution in [0.5, 0.6) is 11.6 Å². The maximum absolute atomic E-state index is 12.8. The Bertz CT molecular complexity index is 488. The van der Waals surface area contributed by atoms with Gasteiger partial charge in [-0.2, -0.15) is 4.39 Å². The van der Waals surface area contributed by atoms with Gasteiger partial charge >= 0.3 is 0 Å². The molecule has 0 aliphatic heterocycles. The van der Waals surface area contributed by atoms with Crippen LogP contribution in [0, 0.1) is 5.95 Å². The molecule has 1 aromatic carbocycles. The fraction of sp³-hybridized carbons (Fsp3) is 0.167. The number of nitrogens with zero attached hydrogens (tertiary/aromatic N) is 2. The number of halogens is 1. The number of hydrogen-bond donors (Lipinski definition) is 0. The van der Waals surface area contributed by atoms with E-state index >= 15 is 0 Å². The molecule has 0 amide bonds. The molecule has 4 heteroatoms. The first-order valence-corrected chi connectivity index (χ1v) is 5.03. The van der Waals surface area contributed by atoms with Gasteiger partial charge in [-0.3, -0.25) is 0 Å². The second kappa shape index (κ2) is 4.70. The average molecular weight is 218 g/mol. The molecule has 1 heterocycles. The summed E-state index contributed by atoms with van der Waals surface area (Å²) in [7, 11) is 0. The summed E-state index contributed by atoms with van der Waals surface area (Å²) in [5, 5.41) is 0. The van der Waals surface area contributed by atoms with Crippen LogP contribution >= 0.6 is 0 Å². The molecule has 0 N–H and O–H groups in total. The monoisotopic (exact) mass is 218 g/mol. The quantitative estimate of drug-likeness (QED) is 0.743. The summed E-state index contributed by atoms with van der Waals surface area (Å²) < 4.78 is 18.3. The minimum atomic E-state index is -0.598. The Kier molecular flexibility index (Phi) is 3.10. The Hall–Kier alpha value is -1.97. The normalized spacial score (nSPS) is 10.1. The van der Waals surface area contributed by atoms with E-state index < -0.39 is 5.95 Å². The Morgan fingerprint density at radius 3 is 2.81 bits per heavy atom. The van der Waals surface area contributed by atoms with Crippen LogP contribution in [0.4, 0.5) is 4.39 Å². The molecule has 3 nitrogen and oxygen atoms in total. The third kappa shape index (κ3) is 2.34. The molecule has 0 spiro atoms. The second-order valence-corrected chi connectivity index (χ2v) is 3.24. The van der Waals surface area contributed by atoms with Crippen molar-refractivity contribution in [2.45, 2.75) is 13.3 Å². The first kappa shape index (κ1) is 10.5. The lowest BCUT2D eigenvalue weighted by Gasteiger charge is -2.08. The number of aromatic nitrogens is 2. The number of ether oxygens (including phenoxy) is 1. The van der Waals surface area contributed by atoms with Gasteiger partial charge < -0.3 is 4.74 Å². The number of hydrogen-bond acceptors (Lipinski definition) is 3. The number of aryl methyl sites for hydroxylation is 1. The van der Waals surface area contributed by atoms with Crippen molar-refractivity contribution in [3.05, 3.63) is 48.2 Å². The van der Waals surface area contributed by atoms with Crippen LogP contribution in [-0.2, 0) is 6.42 Å². The molecule has 0 unspecified atom stereocenters. The van der Waals surface area contributed by atoms with Crippen molar-refractivity contribution >= 4 is 0 Å². The lowest BCUT2D eigenvalue weighted by Crippen LogP contribution is -1.93. The van der Waals surface area contributed by atoms with Crippen LogP contribution in [0.3, 0.4) is 0 Å². The van der Waals surface area contributed by atoms with Crippen LogP contribution in [0.2, 0.25) is 0 Å². The highest BCUT2D eigenvalue weighted by molar-refractivity contribution is 5.35. The highest BCUT2D eigenvalue weighted by atomic mass is 19.1. The SMILES string of the molecule is CCc1ccccc1Oc1cc(F)ncn1. The van der Waals surface area contributed by atoms with Gasteiger partial charge in [-0.25, -0.2) is 9.97 Å². The highest BCUT2D eigenvalue weighted by Gasteiger charge is 2.04. The molecule has 2 rings (SSSR count). The van der Waals surface area contributed by atoms with Crippen molar-refractivity contribution in [3.8, 4) is 11.6 Å². The molecular formula is C12H11FN2O. The average Bonchev–Trinajstić information content (AvgIpc) is 2.30. The Morgan fingerprint density at radius 1 is 1.25 bits per heavy atom. The third-order valence-electron chi connectivity index (χ3n) is 2.18. The second-order valence-electron chi connectivity index (χ2n) is 3.24. The molecule has 0 atom stereocenters. The van der Waals surface area contributed by atoms with Crippen LogP contribution in [-0.4, -0.2) is 9.97 Å². The van der Waals surface area contributed by atoms with Crippen LogP contribution in [0.15, 0.2) is 36.7 Å². The fourth-order valence-electron chi connectivity index (χ4n) is 1.38. The van der Waals surface area contributed by atoms with E-state index in [0.717, 1.165) is 24.4 Å². The van der Waals surface area contributed by atoms with Gasteiger partial charge in [-0.05, 0) is 18.1 Å². The molecule has 0 saturated carbocycles. The summed E-state index contributed by atoms with van der Waals surface area (Å²) in [4.78, 5) is 7.20. The summed E-state index contributed by atoms with van der Waals surface area (Å²) in [5.74, 6) is 0.315. The lowest BCUT2D eigenvalue weighted by atomic mass is 10.1. The fourth-order valence-corrected chi connectivity index (χ4v) is 1.38. The van der Waals surface area contributed by atoms with Crippen molar-refractivity contribution in [1.29, 1.82) is 0 Å². The van der Waals surface area contributed by atoms with Crippen molar-refractivity contribution in [2.24, 2.45) is 0 Å². The van der Waals surface area contributed by atoms with Gasteiger partial charge in [0.15, 0.2) is 0 Å². The molecule has 0 radical (unpaired) electrons. The number of rotatable bonds is 3. The van der Waals surface area contributed by atoms with Crippen molar-refractivity contribution in [1.82, 2.24) is 9.97 Å². The maximum Gasteiger partial charge on any atom is 0.225 e. The van der Waals surface area contributed by atoms with Crippen molar-refractivity contribution in [2.75, 3.05) is 0 Å². The van der Waals surface area contributed by atoms with Crippen LogP contribution in [0.25, 0.3) is 0 Å². The zero-order valence-electron chi connectivity index (χ0n) is 8.85. The summed E-state index contributed by atoms with van der Waals surface area (Å²) >= 11 is 0. The predicted molar refractivity (Wildman–Crippen MR) is 57.9 cm³/mol. The molecule has 1 aromatic heterocycles. The maximum atomic E-state index is 12.8. The van der Waals surface area contributed by atoms with Gasteiger partial charge in [-0.1, -0.05) is 25.1 Å². The van der Waals surface area contributed by atoms with Gasteiger partial charge in [0, 0.05) is 0 Å². The van der Waals surface area contributed by atoms with Gasteiger partial charge in [0.05, 0.1) is 6.07 Å². The Balaban J connectivity index is 2.26. The molecule has 0 fully saturated rings. The zero-order valence-corrected chi connectivity index (χ0v) is 8.85. The van der Waals surface area contributed by atoms with E-state index in [4.69, 9.17) is 4.74 Å². The van der Waals surface area contributed by atoms with Gasteiger partial charge in [0.2, 0.25) is 11.8 Å². The van der Waals surface area contributed by atoms with E-state index in [0.29, 0.717) is 5.75 Å². The van der Waals surface area contributed by atoms with E-state index in [1.807, 2.05) is 31.2 Å². The van der Waals surface area contributed by atoms with E-state index in [1.165, 1.54) is 0 Å². The molecule has 0 bridgehead atoms. The van der Waals surface area contributed by atoms with E-state index in [-0.39, 0.29) is 5.88 Å². The molecule has 16 heavy (non-hydrogen) atoms.